The largest absolute Gasteiger partial charge is 0.366 e. The van der Waals surface area contributed by atoms with Crippen molar-refractivity contribution in [3.8, 4) is 0 Å². The lowest BCUT2D eigenvalue weighted by atomic mass is 10.2. The number of primary amides is 1. The first-order valence-electron chi connectivity index (χ1n) is 3.73. The fraction of sp³-hybridized carbons (Fsp3) is 0.125. The fourth-order valence-electron chi connectivity index (χ4n) is 0.876. The summed E-state index contributed by atoms with van der Waals surface area (Å²) >= 11 is 5.65. The molecule has 0 spiro atoms. The van der Waals surface area contributed by atoms with Crippen LogP contribution in [-0.4, -0.2) is 16.8 Å². The minimum atomic E-state index is -0.663. The molecule has 2 amide bonds. The zero-order valence-electron chi connectivity index (χ0n) is 7.37. The van der Waals surface area contributed by atoms with Gasteiger partial charge in [-0.05, 0) is 6.07 Å². The third-order valence-electron chi connectivity index (χ3n) is 1.42. The number of nitrogens with two attached hydrogens (primary N) is 1. The van der Waals surface area contributed by atoms with Crippen LogP contribution in [0.5, 0.6) is 0 Å². The highest BCUT2D eigenvalue weighted by molar-refractivity contribution is 6.33. The lowest BCUT2D eigenvalue weighted by Gasteiger charge is -2.03. The number of rotatable bonds is 2. The first kappa shape index (κ1) is 10.5. The minimum Gasteiger partial charge on any atom is -0.366 e. The average molecular weight is 214 g/mol. The zero-order chi connectivity index (χ0) is 10.7. The molecule has 0 aliphatic carbocycles. The zero-order valence-corrected chi connectivity index (χ0v) is 8.13. The molecule has 0 radical (unpaired) electrons. The highest BCUT2D eigenvalue weighted by Crippen LogP contribution is 2.17. The maximum absolute atomic E-state index is 10.9. The Bertz CT molecular complexity index is 392. The van der Waals surface area contributed by atoms with Gasteiger partial charge in [-0.25, -0.2) is 4.98 Å². The van der Waals surface area contributed by atoms with Crippen LogP contribution in [0.4, 0.5) is 5.82 Å². The van der Waals surface area contributed by atoms with Crippen molar-refractivity contribution in [1.82, 2.24) is 4.98 Å². The minimum absolute atomic E-state index is 0.130. The van der Waals surface area contributed by atoms with Crippen LogP contribution in [0, 0.1) is 0 Å². The predicted octanol–water partition coefficient (Wildman–Crippen LogP) is 0.792. The van der Waals surface area contributed by atoms with Crippen molar-refractivity contribution in [3.63, 3.8) is 0 Å². The summed E-state index contributed by atoms with van der Waals surface area (Å²) in [6.45, 7) is 1.33. The fourth-order valence-corrected chi connectivity index (χ4v) is 1.07. The van der Waals surface area contributed by atoms with Crippen molar-refractivity contribution in [2.24, 2.45) is 5.73 Å². The summed E-state index contributed by atoms with van der Waals surface area (Å²) in [6, 6.07) is 1.33. The average Bonchev–Trinajstić information content (AvgIpc) is 2.07. The Kier molecular flexibility index (Phi) is 3.03. The van der Waals surface area contributed by atoms with Gasteiger partial charge in [-0.2, -0.15) is 0 Å². The molecular formula is C8H8ClN3O2. The van der Waals surface area contributed by atoms with Crippen LogP contribution in [0.2, 0.25) is 5.02 Å². The summed E-state index contributed by atoms with van der Waals surface area (Å²) in [4.78, 5) is 25.3. The highest BCUT2D eigenvalue weighted by Gasteiger charge is 2.08. The van der Waals surface area contributed by atoms with E-state index in [0.717, 1.165) is 0 Å². The Morgan fingerprint density at radius 3 is 2.71 bits per heavy atom. The van der Waals surface area contributed by atoms with Crippen molar-refractivity contribution in [3.05, 3.63) is 22.8 Å². The van der Waals surface area contributed by atoms with Crippen molar-refractivity contribution >= 4 is 29.2 Å². The summed E-state index contributed by atoms with van der Waals surface area (Å²) in [5, 5.41) is 2.57. The van der Waals surface area contributed by atoms with Gasteiger partial charge >= 0.3 is 0 Å². The Balaban J connectivity index is 3.06. The monoisotopic (exact) mass is 213 g/mol. The summed E-state index contributed by atoms with van der Waals surface area (Å²) < 4.78 is 0. The van der Waals surface area contributed by atoms with Gasteiger partial charge in [-0.15, -0.1) is 0 Å². The molecule has 1 aromatic rings. The van der Waals surface area contributed by atoms with Gasteiger partial charge in [0, 0.05) is 13.1 Å². The molecule has 14 heavy (non-hydrogen) atoms. The molecule has 0 saturated heterocycles. The molecule has 6 heteroatoms. The van der Waals surface area contributed by atoms with E-state index >= 15 is 0 Å². The van der Waals surface area contributed by atoms with E-state index in [-0.39, 0.29) is 22.3 Å². The quantitative estimate of drug-likeness (QED) is 0.762. The molecule has 1 aromatic heterocycles. The molecule has 5 nitrogen and oxygen atoms in total. The summed E-state index contributed by atoms with van der Waals surface area (Å²) in [6.07, 6.45) is 1.26. The molecular weight excluding hydrogens is 206 g/mol. The number of amides is 2. The normalized spacial score (nSPS) is 9.57. The van der Waals surface area contributed by atoms with E-state index in [1.807, 2.05) is 0 Å². The van der Waals surface area contributed by atoms with Gasteiger partial charge in [0.05, 0.1) is 10.6 Å². The molecule has 3 N–H and O–H groups in total. The number of carbonyl (C=O) groups is 2. The van der Waals surface area contributed by atoms with Gasteiger partial charge in [-0.3, -0.25) is 9.59 Å². The van der Waals surface area contributed by atoms with E-state index in [2.05, 4.69) is 10.3 Å². The summed E-state index contributed by atoms with van der Waals surface area (Å²) in [5.41, 5.74) is 5.18. The maximum atomic E-state index is 10.9. The van der Waals surface area contributed by atoms with Crippen molar-refractivity contribution in [2.75, 3.05) is 5.32 Å². The number of pyridine rings is 1. The van der Waals surface area contributed by atoms with Gasteiger partial charge in [0.15, 0.2) is 0 Å². The number of nitrogens with zero attached hydrogens (tertiary/aromatic N) is 1. The second-order valence-corrected chi connectivity index (χ2v) is 3.00. The van der Waals surface area contributed by atoms with E-state index in [1.54, 1.807) is 0 Å². The van der Waals surface area contributed by atoms with Crippen molar-refractivity contribution in [2.45, 2.75) is 6.92 Å². The standard InChI is InChI=1S/C8H8ClN3O2/c1-4(13)12-7-2-5(8(10)14)6(9)3-11-7/h2-3H,1H3,(H2,10,14)(H,11,12,13). The maximum Gasteiger partial charge on any atom is 0.250 e. The molecule has 74 valence electrons. The highest BCUT2D eigenvalue weighted by atomic mass is 35.5. The molecule has 0 unspecified atom stereocenters. The lowest BCUT2D eigenvalue weighted by molar-refractivity contribution is -0.114. The molecule has 0 aromatic carbocycles. The first-order valence-corrected chi connectivity index (χ1v) is 4.11. The Morgan fingerprint density at radius 2 is 2.21 bits per heavy atom. The van der Waals surface area contributed by atoms with Crippen LogP contribution < -0.4 is 11.1 Å². The first-order chi connectivity index (χ1) is 6.50. The summed E-state index contributed by atoms with van der Waals surface area (Å²) in [5.74, 6) is -0.699. The lowest BCUT2D eigenvalue weighted by Crippen LogP contribution is -2.14. The molecule has 0 fully saturated rings. The van der Waals surface area contributed by atoms with E-state index in [4.69, 9.17) is 17.3 Å². The second-order valence-electron chi connectivity index (χ2n) is 2.59. The van der Waals surface area contributed by atoms with E-state index in [0.29, 0.717) is 0 Å². The van der Waals surface area contributed by atoms with E-state index in [1.165, 1.54) is 19.2 Å². The number of hydrogen-bond donors (Lipinski definition) is 2. The molecule has 0 aliphatic rings. The van der Waals surface area contributed by atoms with Gasteiger partial charge in [0.1, 0.15) is 5.82 Å². The predicted molar refractivity (Wildman–Crippen MR) is 52.1 cm³/mol. The number of anilines is 1. The topological polar surface area (TPSA) is 85.1 Å². The molecule has 0 bridgehead atoms. The van der Waals surface area contributed by atoms with Crippen LogP contribution in [0.15, 0.2) is 12.3 Å². The molecule has 0 saturated carbocycles. The number of halogens is 1. The van der Waals surface area contributed by atoms with Crippen LogP contribution in [0.1, 0.15) is 17.3 Å². The van der Waals surface area contributed by atoms with Gasteiger partial charge in [0.2, 0.25) is 11.8 Å². The number of aromatic nitrogens is 1. The molecule has 0 aliphatic heterocycles. The SMILES string of the molecule is CC(=O)Nc1cc(C(N)=O)c(Cl)cn1. The Hall–Kier alpha value is -1.62. The van der Waals surface area contributed by atoms with Crippen LogP contribution >= 0.6 is 11.6 Å². The van der Waals surface area contributed by atoms with Crippen LogP contribution in [-0.2, 0) is 4.79 Å². The Labute approximate surface area is 85.3 Å². The van der Waals surface area contributed by atoms with Crippen molar-refractivity contribution in [1.29, 1.82) is 0 Å². The summed E-state index contributed by atoms with van der Waals surface area (Å²) in [7, 11) is 0. The number of carbonyl (C=O) groups excluding carboxylic acids is 2. The van der Waals surface area contributed by atoms with Crippen LogP contribution in [0.25, 0.3) is 0 Å². The third kappa shape index (κ3) is 2.43. The van der Waals surface area contributed by atoms with Crippen molar-refractivity contribution < 1.29 is 9.59 Å². The number of hydrogen-bond acceptors (Lipinski definition) is 3. The molecule has 0 atom stereocenters. The third-order valence-corrected chi connectivity index (χ3v) is 1.73. The van der Waals surface area contributed by atoms with Gasteiger partial charge < -0.3 is 11.1 Å². The molecule has 1 rings (SSSR count). The smallest absolute Gasteiger partial charge is 0.250 e. The second kappa shape index (κ2) is 4.06. The molecule has 1 heterocycles. The Morgan fingerprint density at radius 1 is 1.57 bits per heavy atom. The van der Waals surface area contributed by atoms with E-state index in [9.17, 15) is 9.59 Å². The number of nitrogens with one attached hydrogen (secondary N) is 1. The van der Waals surface area contributed by atoms with Crippen LogP contribution in [0.3, 0.4) is 0 Å². The van der Waals surface area contributed by atoms with Gasteiger partial charge in [-0.1, -0.05) is 11.6 Å². The van der Waals surface area contributed by atoms with Gasteiger partial charge in [0.25, 0.3) is 0 Å². The van der Waals surface area contributed by atoms with E-state index < -0.39 is 5.91 Å².